The van der Waals surface area contributed by atoms with Gasteiger partial charge in [-0.15, -0.1) is 0 Å². The molecule has 0 spiro atoms. The SMILES string of the molecule is COc1nccc(OC2CCCN(S(=O)(=O)c3cnoc3)C2)n1. The van der Waals surface area contributed by atoms with Crippen molar-refractivity contribution < 1.29 is 22.4 Å². The number of ether oxygens (including phenoxy) is 2. The van der Waals surface area contributed by atoms with Gasteiger partial charge < -0.3 is 14.0 Å². The second kappa shape index (κ2) is 6.50. The van der Waals surface area contributed by atoms with E-state index in [-0.39, 0.29) is 23.6 Å². The van der Waals surface area contributed by atoms with Crippen LogP contribution >= 0.6 is 0 Å². The topological polar surface area (TPSA) is 108 Å². The average molecular weight is 340 g/mol. The Labute approximate surface area is 133 Å². The van der Waals surface area contributed by atoms with Crippen LogP contribution in [-0.4, -0.2) is 54.2 Å². The minimum atomic E-state index is -3.62. The Balaban J connectivity index is 1.71. The molecule has 23 heavy (non-hydrogen) atoms. The Morgan fingerprint density at radius 1 is 1.43 bits per heavy atom. The maximum atomic E-state index is 12.5. The van der Waals surface area contributed by atoms with Crippen LogP contribution in [0, 0.1) is 0 Å². The first-order valence-corrected chi connectivity index (χ1v) is 8.47. The van der Waals surface area contributed by atoms with Crippen LogP contribution in [0.1, 0.15) is 12.8 Å². The van der Waals surface area contributed by atoms with Gasteiger partial charge in [-0.3, -0.25) is 0 Å². The van der Waals surface area contributed by atoms with E-state index in [1.807, 2.05) is 0 Å². The maximum Gasteiger partial charge on any atom is 0.319 e. The van der Waals surface area contributed by atoms with Crippen LogP contribution in [0.2, 0.25) is 0 Å². The second-order valence-corrected chi connectivity index (χ2v) is 6.92. The van der Waals surface area contributed by atoms with E-state index >= 15 is 0 Å². The van der Waals surface area contributed by atoms with Crippen LogP contribution < -0.4 is 9.47 Å². The van der Waals surface area contributed by atoms with Crippen molar-refractivity contribution in [1.29, 1.82) is 0 Å². The molecule has 0 amide bonds. The molecular weight excluding hydrogens is 324 g/mol. The van der Waals surface area contributed by atoms with Crippen LogP contribution in [0.5, 0.6) is 11.9 Å². The van der Waals surface area contributed by atoms with Crippen molar-refractivity contribution in [3.05, 3.63) is 24.7 Å². The van der Waals surface area contributed by atoms with E-state index < -0.39 is 10.0 Å². The summed E-state index contributed by atoms with van der Waals surface area (Å²) in [5.41, 5.74) is 0. The van der Waals surface area contributed by atoms with Crippen LogP contribution in [0.4, 0.5) is 0 Å². The highest BCUT2D eigenvalue weighted by Crippen LogP contribution is 2.23. The van der Waals surface area contributed by atoms with E-state index in [9.17, 15) is 8.42 Å². The third-order valence-corrected chi connectivity index (χ3v) is 5.28. The third-order valence-electron chi connectivity index (χ3n) is 3.47. The highest BCUT2D eigenvalue weighted by atomic mass is 32.2. The number of piperidine rings is 1. The summed E-state index contributed by atoms with van der Waals surface area (Å²) in [5, 5.41) is 3.45. The van der Waals surface area contributed by atoms with E-state index in [1.54, 1.807) is 6.07 Å². The van der Waals surface area contributed by atoms with Crippen molar-refractivity contribution in [3.63, 3.8) is 0 Å². The molecule has 0 N–H and O–H groups in total. The Morgan fingerprint density at radius 2 is 2.30 bits per heavy atom. The lowest BCUT2D eigenvalue weighted by Gasteiger charge is -2.31. The number of aromatic nitrogens is 3. The Kier molecular flexibility index (Phi) is 4.44. The molecule has 0 radical (unpaired) electrons. The van der Waals surface area contributed by atoms with Gasteiger partial charge in [-0.05, 0) is 12.8 Å². The average Bonchev–Trinajstić information content (AvgIpc) is 3.10. The molecule has 2 aromatic rings. The van der Waals surface area contributed by atoms with E-state index in [0.29, 0.717) is 18.8 Å². The fraction of sp³-hybridized carbons (Fsp3) is 0.462. The van der Waals surface area contributed by atoms with E-state index in [2.05, 4.69) is 19.6 Å². The molecule has 2 aromatic heterocycles. The molecular formula is C13H16N4O5S. The largest absolute Gasteiger partial charge is 0.473 e. The van der Waals surface area contributed by atoms with Gasteiger partial charge in [0.2, 0.25) is 15.9 Å². The molecule has 9 nitrogen and oxygen atoms in total. The molecule has 1 fully saturated rings. The molecule has 3 heterocycles. The third kappa shape index (κ3) is 3.42. The molecule has 0 aromatic carbocycles. The predicted octanol–water partition coefficient (Wildman–Crippen LogP) is 0.705. The summed E-state index contributed by atoms with van der Waals surface area (Å²) in [6.07, 6.45) is 4.97. The van der Waals surface area contributed by atoms with Gasteiger partial charge in [-0.25, -0.2) is 13.4 Å². The first kappa shape index (κ1) is 15.7. The van der Waals surface area contributed by atoms with Gasteiger partial charge >= 0.3 is 6.01 Å². The fourth-order valence-corrected chi connectivity index (χ4v) is 3.72. The molecule has 0 saturated carbocycles. The van der Waals surface area contributed by atoms with Crippen molar-refractivity contribution in [2.45, 2.75) is 23.8 Å². The van der Waals surface area contributed by atoms with Crippen molar-refractivity contribution >= 4 is 10.0 Å². The van der Waals surface area contributed by atoms with Gasteiger partial charge in [0, 0.05) is 18.8 Å². The summed E-state index contributed by atoms with van der Waals surface area (Å²) < 4.78 is 41.6. The molecule has 1 saturated heterocycles. The van der Waals surface area contributed by atoms with E-state index in [4.69, 9.17) is 9.47 Å². The Morgan fingerprint density at radius 3 is 3.04 bits per heavy atom. The van der Waals surface area contributed by atoms with Gasteiger partial charge in [-0.1, -0.05) is 5.16 Å². The fourth-order valence-electron chi connectivity index (χ4n) is 2.35. The summed E-state index contributed by atoms with van der Waals surface area (Å²) in [6.45, 7) is 0.667. The molecule has 0 aliphatic carbocycles. The van der Waals surface area contributed by atoms with Gasteiger partial charge in [0.15, 0.2) is 0 Å². The van der Waals surface area contributed by atoms with Crippen molar-refractivity contribution in [2.75, 3.05) is 20.2 Å². The van der Waals surface area contributed by atoms with Crippen molar-refractivity contribution in [1.82, 2.24) is 19.4 Å². The minimum absolute atomic E-state index is 0.0434. The standard InChI is InChI=1S/C13H16N4O5S/c1-20-13-14-5-4-12(16-13)22-10-3-2-6-17(8-10)23(18,19)11-7-15-21-9-11/h4-5,7,9-10H,2-3,6,8H2,1H3. The van der Waals surface area contributed by atoms with Gasteiger partial charge in [-0.2, -0.15) is 9.29 Å². The number of methoxy groups -OCH3 is 1. The molecule has 1 atom stereocenters. The Bertz CT molecular complexity index is 749. The first-order valence-electron chi connectivity index (χ1n) is 7.03. The van der Waals surface area contributed by atoms with Gasteiger partial charge in [0.1, 0.15) is 17.3 Å². The number of nitrogens with zero attached hydrogens (tertiary/aromatic N) is 4. The number of sulfonamides is 1. The highest BCUT2D eigenvalue weighted by Gasteiger charge is 2.32. The van der Waals surface area contributed by atoms with Crippen LogP contribution in [0.25, 0.3) is 0 Å². The van der Waals surface area contributed by atoms with E-state index in [1.165, 1.54) is 23.8 Å². The van der Waals surface area contributed by atoms with Crippen LogP contribution in [-0.2, 0) is 10.0 Å². The molecule has 3 rings (SSSR count). The van der Waals surface area contributed by atoms with Crippen LogP contribution in [0.3, 0.4) is 0 Å². The monoisotopic (exact) mass is 340 g/mol. The van der Waals surface area contributed by atoms with E-state index in [0.717, 1.165) is 12.7 Å². The zero-order valence-electron chi connectivity index (χ0n) is 12.5. The maximum absolute atomic E-state index is 12.5. The zero-order chi connectivity index (χ0) is 16.3. The molecule has 1 aliphatic rings. The summed E-state index contributed by atoms with van der Waals surface area (Å²) in [7, 11) is -2.15. The number of rotatable bonds is 5. The first-order chi connectivity index (χ1) is 11.1. The summed E-state index contributed by atoms with van der Waals surface area (Å²) in [6, 6.07) is 1.81. The zero-order valence-corrected chi connectivity index (χ0v) is 13.3. The number of hydrogen-bond acceptors (Lipinski definition) is 8. The summed E-state index contributed by atoms with van der Waals surface area (Å²) >= 11 is 0. The lowest BCUT2D eigenvalue weighted by Crippen LogP contribution is -2.44. The normalized spacial score (nSPS) is 19.4. The van der Waals surface area contributed by atoms with Crippen molar-refractivity contribution in [2.24, 2.45) is 0 Å². The lowest BCUT2D eigenvalue weighted by molar-refractivity contribution is 0.123. The highest BCUT2D eigenvalue weighted by molar-refractivity contribution is 7.89. The smallest absolute Gasteiger partial charge is 0.319 e. The molecule has 0 bridgehead atoms. The predicted molar refractivity (Wildman–Crippen MR) is 77.5 cm³/mol. The number of hydrogen-bond donors (Lipinski definition) is 0. The second-order valence-electron chi connectivity index (χ2n) is 4.99. The summed E-state index contributed by atoms with van der Waals surface area (Å²) in [5.74, 6) is 0.353. The molecule has 1 unspecified atom stereocenters. The summed E-state index contributed by atoms with van der Waals surface area (Å²) in [4.78, 5) is 8.02. The van der Waals surface area contributed by atoms with Crippen LogP contribution in [0.15, 0.2) is 34.1 Å². The van der Waals surface area contributed by atoms with Crippen molar-refractivity contribution in [3.8, 4) is 11.9 Å². The minimum Gasteiger partial charge on any atom is -0.473 e. The lowest BCUT2D eigenvalue weighted by atomic mass is 10.1. The van der Waals surface area contributed by atoms with Gasteiger partial charge in [0.25, 0.3) is 0 Å². The quantitative estimate of drug-likeness (QED) is 0.783. The molecule has 10 heteroatoms. The Hall–Kier alpha value is -2.20. The molecule has 124 valence electrons. The van der Waals surface area contributed by atoms with Gasteiger partial charge in [0.05, 0.1) is 19.9 Å². The molecule has 1 aliphatic heterocycles.